The number of carbonyl (C=O) groups is 1. The summed E-state index contributed by atoms with van der Waals surface area (Å²) in [6.07, 6.45) is 3.40. The van der Waals surface area contributed by atoms with Crippen molar-refractivity contribution in [3.05, 3.63) is 83.2 Å². The molecule has 1 amide bonds. The molecule has 62 heavy (non-hydrogen) atoms. The number of anilines is 1. The maximum absolute atomic E-state index is 12.5. The van der Waals surface area contributed by atoms with E-state index in [9.17, 15) is 9.90 Å². The normalized spacial score (nSPS) is 11.8. The number of amides is 1. The number of rotatable bonds is 23. The minimum atomic E-state index is -0.592. The molecule has 5 rings (SSSR count). The molecule has 336 valence electrons. The lowest BCUT2D eigenvalue weighted by Crippen LogP contribution is -2.36. The Balaban J connectivity index is 1.57. The number of ether oxygens (including phenoxy) is 8. The molecule has 0 aliphatic carbocycles. The molecule has 0 aliphatic rings. The summed E-state index contributed by atoms with van der Waals surface area (Å²) in [6, 6.07) is 17.2. The third-order valence-electron chi connectivity index (χ3n) is 9.85. The Bertz CT molecular complexity index is 2160. The van der Waals surface area contributed by atoms with E-state index in [1.165, 1.54) is 4.90 Å². The number of imidazole rings is 1. The van der Waals surface area contributed by atoms with Crippen molar-refractivity contribution in [1.29, 1.82) is 0 Å². The van der Waals surface area contributed by atoms with Crippen molar-refractivity contribution in [3.63, 3.8) is 0 Å². The molecule has 0 aliphatic heterocycles. The number of aliphatic hydroxyl groups excluding tert-OH is 1. The van der Waals surface area contributed by atoms with E-state index < -0.39 is 11.7 Å². The first kappa shape index (κ1) is 46.9. The van der Waals surface area contributed by atoms with Gasteiger partial charge in [-0.25, -0.2) is 14.3 Å². The predicted molar refractivity (Wildman–Crippen MR) is 236 cm³/mol. The highest BCUT2D eigenvalue weighted by atomic mass is 16.6. The van der Waals surface area contributed by atoms with Crippen molar-refractivity contribution >= 4 is 17.6 Å². The van der Waals surface area contributed by atoms with Gasteiger partial charge in [0.15, 0.2) is 11.5 Å². The lowest BCUT2D eigenvalue weighted by molar-refractivity contribution is 0.0278. The van der Waals surface area contributed by atoms with Gasteiger partial charge in [0, 0.05) is 74.5 Å². The van der Waals surface area contributed by atoms with Crippen molar-refractivity contribution in [1.82, 2.24) is 24.5 Å². The van der Waals surface area contributed by atoms with Gasteiger partial charge in [0.1, 0.15) is 52.8 Å². The monoisotopic (exact) mass is 858 g/mol. The molecule has 2 aromatic heterocycles. The van der Waals surface area contributed by atoms with Crippen molar-refractivity contribution in [2.75, 3.05) is 66.8 Å². The van der Waals surface area contributed by atoms with E-state index in [-0.39, 0.29) is 25.3 Å². The van der Waals surface area contributed by atoms with Gasteiger partial charge in [-0.2, -0.15) is 4.98 Å². The topological polar surface area (TPSA) is 161 Å². The number of nitrogens with zero attached hydrogens (tertiary/aromatic N) is 6. The minimum absolute atomic E-state index is 0.0445. The van der Waals surface area contributed by atoms with Gasteiger partial charge < -0.3 is 52.8 Å². The second kappa shape index (κ2) is 22.1. The second-order valence-corrected chi connectivity index (χ2v) is 15.6. The van der Waals surface area contributed by atoms with Crippen LogP contribution in [0.5, 0.6) is 40.5 Å². The van der Waals surface area contributed by atoms with Crippen LogP contribution in [0.1, 0.15) is 76.3 Å². The molecule has 5 aromatic rings. The van der Waals surface area contributed by atoms with E-state index in [1.807, 2.05) is 82.3 Å². The van der Waals surface area contributed by atoms with Crippen LogP contribution in [0.4, 0.5) is 10.6 Å². The molecule has 0 unspecified atom stereocenters. The summed E-state index contributed by atoms with van der Waals surface area (Å²) in [5.41, 5.74) is 3.27. The van der Waals surface area contributed by atoms with Gasteiger partial charge in [0.05, 0.1) is 53.5 Å². The summed E-state index contributed by atoms with van der Waals surface area (Å²) in [7, 11) is 8.16. The fourth-order valence-electron chi connectivity index (χ4n) is 6.72. The molecule has 0 saturated heterocycles. The third kappa shape index (κ3) is 12.5. The zero-order chi connectivity index (χ0) is 44.8. The average molecular weight is 859 g/mol. The molecule has 0 radical (unpaired) electrons. The Morgan fingerprint density at radius 2 is 1.42 bits per heavy atom. The highest BCUT2D eigenvalue weighted by Crippen LogP contribution is 2.34. The van der Waals surface area contributed by atoms with Gasteiger partial charge in [-0.1, -0.05) is 19.4 Å². The zero-order valence-electron chi connectivity index (χ0n) is 37.7. The lowest BCUT2D eigenvalue weighted by Gasteiger charge is -2.27. The number of hydrogen-bond donors (Lipinski definition) is 1. The van der Waals surface area contributed by atoms with Gasteiger partial charge in [-0.15, -0.1) is 5.10 Å². The number of aromatic nitrogens is 4. The largest absolute Gasteiger partial charge is 0.497 e. The maximum atomic E-state index is 12.5. The summed E-state index contributed by atoms with van der Waals surface area (Å²) in [6.45, 7) is 11.1. The molecule has 0 bridgehead atoms. The first-order valence-electron chi connectivity index (χ1n) is 20.8. The molecule has 16 heteroatoms. The van der Waals surface area contributed by atoms with E-state index in [2.05, 4.69) is 11.8 Å². The number of fused-ring (bicyclic) bond motifs is 1. The van der Waals surface area contributed by atoms with E-state index in [1.54, 1.807) is 46.2 Å². The Morgan fingerprint density at radius 1 is 0.806 bits per heavy atom. The number of benzene rings is 3. The number of carbonyl (C=O) groups excluding carboxylic acids is 1. The van der Waals surface area contributed by atoms with Gasteiger partial charge >= 0.3 is 12.1 Å². The molecule has 2 heterocycles. The number of methoxy groups -OCH3 is 4. The van der Waals surface area contributed by atoms with Crippen LogP contribution in [0.3, 0.4) is 0 Å². The standard InChI is InChI=1S/C46H62N6O10/c1-11-13-35(20-22-53)61-44-48-43(51(29-32-15-17-36(55-7)25-39(32)57-9)30-33-16-18-37(56-8)26-40(33)58-10)42-47-28-34(52(42)49-44)24-31-14-19-38(27-41(31)59-12-2)60-23-21-50(6)45(54)62-46(3,4)5/h14-19,25-28,35,53H,11-13,20-24,29-30H2,1-10H3/t35-/m1/s1. The molecular formula is C46H62N6O10. The Labute approximate surface area is 364 Å². The van der Waals surface area contributed by atoms with Crippen LogP contribution in [-0.2, 0) is 24.2 Å². The summed E-state index contributed by atoms with van der Waals surface area (Å²) in [5.74, 6) is 4.33. The fraction of sp³-hybridized carbons (Fsp3) is 0.478. The quantitative estimate of drug-likeness (QED) is 0.0687. The Kier molecular flexibility index (Phi) is 16.7. The number of hydrogen-bond acceptors (Lipinski definition) is 14. The first-order valence-corrected chi connectivity index (χ1v) is 20.8. The van der Waals surface area contributed by atoms with E-state index in [0.29, 0.717) is 91.5 Å². The van der Waals surface area contributed by atoms with Crippen LogP contribution in [0.2, 0.25) is 0 Å². The lowest BCUT2D eigenvalue weighted by atomic mass is 10.1. The first-order chi connectivity index (χ1) is 29.8. The van der Waals surface area contributed by atoms with Crippen LogP contribution >= 0.6 is 0 Å². The molecule has 0 fully saturated rings. The van der Waals surface area contributed by atoms with Gasteiger partial charge in [0.2, 0.25) is 0 Å². The van der Waals surface area contributed by atoms with Crippen LogP contribution in [0, 0.1) is 0 Å². The fourth-order valence-corrected chi connectivity index (χ4v) is 6.72. The average Bonchev–Trinajstić information content (AvgIpc) is 3.65. The predicted octanol–water partition coefficient (Wildman–Crippen LogP) is 7.53. The van der Waals surface area contributed by atoms with Gasteiger partial charge in [-0.3, -0.25) is 0 Å². The summed E-state index contributed by atoms with van der Waals surface area (Å²) < 4.78 is 48.6. The maximum Gasteiger partial charge on any atom is 0.410 e. The van der Waals surface area contributed by atoms with Gasteiger partial charge in [0.25, 0.3) is 0 Å². The molecule has 1 N–H and O–H groups in total. The molecule has 16 nitrogen and oxygen atoms in total. The van der Waals surface area contributed by atoms with Crippen LogP contribution < -0.4 is 38.1 Å². The van der Waals surface area contributed by atoms with Crippen molar-refractivity contribution < 1.29 is 47.8 Å². The summed E-state index contributed by atoms with van der Waals surface area (Å²) in [5, 5.41) is 14.8. The van der Waals surface area contributed by atoms with Crippen molar-refractivity contribution in [3.8, 4) is 40.5 Å². The molecule has 3 aromatic carbocycles. The number of likely N-dealkylation sites (N-methyl/N-ethyl adjacent to an activating group) is 1. The van der Waals surface area contributed by atoms with Crippen molar-refractivity contribution in [2.45, 2.75) is 85.1 Å². The minimum Gasteiger partial charge on any atom is -0.497 e. The second-order valence-electron chi connectivity index (χ2n) is 15.6. The van der Waals surface area contributed by atoms with Gasteiger partial charge in [-0.05, 0) is 64.4 Å². The van der Waals surface area contributed by atoms with Crippen LogP contribution in [0.25, 0.3) is 5.65 Å². The van der Waals surface area contributed by atoms with Crippen LogP contribution in [-0.4, -0.2) is 109 Å². The molecule has 0 saturated carbocycles. The molecule has 1 atom stereocenters. The summed E-state index contributed by atoms with van der Waals surface area (Å²) in [4.78, 5) is 26.0. The highest BCUT2D eigenvalue weighted by molar-refractivity contribution is 5.68. The highest BCUT2D eigenvalue weighted by Gasteiger charge is 2.25. The van der Waals surface area contributed by atoms with Crippen molar-refractivity contribution in [2.24, 2.45) is 0 Å². The van der Waals surface area contributed by atoms with E-state index in [0.717, 1.165) is 28.8 Å². The molecular weight excluding hydrogens is 797 g/mol. The van der Waals surface area contributed by atoms with E-state index >= 15 is 0 Å². The van der Waals surface area contributed by atoms with Crippen LogP contribution in [0.15, 0.2) is 60.8 Å². The third-order valence-corrected chi connectivity index (χ3v) is 9.85. The Hall–Kier alpha value is -6.16. The SMILES string of the molecule is CCC[C@H](CCO)Oc1nc(N(Cc2ccc(OC)cc2OC)Cc2ccc(OC)cc2OC)c2ncc(Cc3ccc(OCCN(C)C(=O)OC(C)(C)C)cc3OCC)n2n1. The smallest absolute Gasteiger partial charge is 0.410 e. The zero-order valence-corrected chi connectivity index (χ0v) is 37.7. The van der Waals surface area contributed by atoms with E-state index in [4.69, 9.17) is 53.0 Å². The number of aliphatic hydroxyl groups is 1. The molecule has 0 spiro atoms. The Morgan fingerprint density at radius 3 is 1.98 bits per heavy atom. The summed E-state index contributed by atoms with van der Waals surface area (Å²) >= 11 is 0.